The van der Waals surface area contributed by atoms with E-state index in [1.54, 1.807) is 0 Å². The Morgan fingerprint density at radius 1 is 1.04 bits per heavy atom. The lowest BCUT2D eigenvalue weighted by Gasteiger charge is -2.57. The molecule has 1 aromatic carbocycles. The molecule has 6 rings (SSSR count). The van der Waals surface area contributed by atoms with Crippen LogP contribution < -0.4 is 14.8 Å². The molecule has 4 saturated carbocycles. The van der Waals surface area contributed by atoms with E-state index >= 15 is 0 Å². The zero-order chi connectivity index (χ0) is 16.1. The number of hydrogen-bond acceptors (Lipinski definition) is 3. The number of para-hydroxylation sites is 2. The lowest BCUT2D eigenvalue weighted by atomic mass is 9.49. The Kier molecular flexibility index (Phi) is 3.29. The molecule has 0 spiro atoms. The van der Waals surface area contributed by atoms with Crippen molar-refractivity contribution >= 4 is 5.91 Å². The first kappa shape index (κ1) is 14.6. The van der Waals surface area contributed by atoms with Crippen molar-refractivity contribution in [1.82, 2.24) is 5.32 Å². The first-order valence-electron chi connectivity index (χ1n) is 9.35. The number of carbonyl (C=O) groups is 1. The van der Waals surface area contributed by atoms with Crippen LogP contribution in [0, 0.1) is 23.2 Å². The van der Waals surface area contributed by atoms with Gasteiger partial charge in [0.25, 0.3) is 5.91 Å². The summed E-state index contributed by atoms with van der Waals surface area (Å²) < 4.78 is 11.5. The minimum atomic E-state index is -0.534. The second-order valence-corrected chi connectivity index (χ2v) is 8.50. The highest BCUT2D eigenvalue weighted by atomic mass is 16.6. The van der Waals surface area contributed by atoms with Crippen LogP contribution in [0.15, 0.2) is 24.3 Å². The zero-order valence-electron chi connectivity index (χ0n) is 14.0. The van der Waals surface area contributed by atoms with Gasteiger partial charge in [-0.2, -0.15) is 0 Å². The summed E-state index contributed by atoms with van der Waals surface area (Å²) in [5.41, 5.74) is 0.359. The Bertz CT molecular complexity index is 621. The number of rotatable bonds is 3. The van der Waals surface area contributed by atoms with Crippen molar-refractivity contribution in [2.75, 3.05) is 13.2 Å². The minimum Gasteiger partial charge on any atom is -0.485 e. The molecular weight excluding hydrogens is 302 g/mol. The fourth-order valence-electron chi connectivity index (χ4n) is 6.04. The van der Waals surface area contributed by atoms with Gasteiger partial charge in [0.2, 0.25) is 6.10 Å². The maximum Gasteiger partial charge on any atom is 0.264 e. The van der Waals surface area contributed by atoms with Gasteiger partial charge in [0.05, 0.1) is 0 Å². The molecule has 0 saturated heterocycles. The summed E-state index contributed by atoms with van der Waals surface area (Å²) in [5, 5.41) is 3.20. The van der Waals surface area contributed by atoms with Crippen LogP contribution in [0.25, 0.3) is 0 Å². The first-order chi connectivity index (χ1) is 11.7. The molecule has 24 heavy (non-hydrogen) atoms. The van der Waals surface area contributed by atoms with Crippen LogP contribution in [-0.2, 0) is 4.79 Å². The number of benzene rings is 1. The molecule has 1 heterocycles. The zero-order valence-corrected chi connectivity index (χ0v) is 14.0. The minimum absolute atomic E-state index is 0.0275. The van der Waals surface area contributed by atoms with Crippen LogP contribution in [0.1, 0.15) is 38.5 Å². The summed E-state index contributed by atoms with van der Waals surface area (Å²) in [6, 6.07) is 7.54. The van der Waals surface area contributed by atoms with E-state index < -0.39 is 6.10 Å². The van der Waals surface area contributed by atoms with Crippen molar-refractivity contribution in [2.45, 2.75) is 44.6 Å². The van der Waals surface area contributed by atoms with Gasteiger partial charge in [0.1, 0.15) is 6.61 Å². The smallest absolute Gasteiger partial charge is 0.264 e. The Balaban J connectivity index is 1.22. The van der Waals surface area contributed by atoms with E-state index in [1.165, 1.54) is 38.5 Å². The van der Waals surface area contributed by atoms with Crippen LogP contribution >= 0.6 is 0 Å². The molecule has 1 amide bonds. The molecule has 1 atom stereocenters. The van der Waals surface area contributed by atoms with Gasteiger partial charge in [-0.1, -0.05) is 12.1 Å². The van der Waals surface area contributed by atoms with E-state index in [2.05, 4.69) is 5.32 Å². The van der Waals surface area contributed by atoms with E-state index in [9.17, 15) is 4.79 Å². The molecule has 0 aromatic heterocycles. The normalized spacial score (nSPS) is 38.8. The molecule has 5 aliphatic rings. The Morgan fingerprint density at radius 3 is 2.33 bits per heavy atom. The van der Waals surface area contributed by atoms with Crippen molar-refractivity contribution in [3.8, 4) is 11.5 Å². The SMILES string of the molecule is O=C(NCC12CC3CC(CC(C3)C1)C2)[C@H]1COc2ccccc2O1. The molecule has 4 nitrogen and oxygen atoms in total. The van der Waals surface area contributed by atoms with Gasteiger partial charge >= 0.3 is 0 Å². The Morgan fingerprint density at radius 2 is 1.67 bits per heavy atom. The highest BCUT2D eigenvalue weighted by molar-refractivity contribution is 5.81. The summed E-state index contributed by atoms with van der Waals surface area (Å²) in [7, 11) is 0. The van der Waals surface area contributed by atoms with Crippen molar-refractivity contribution in [2.24, 2.45) is 23.2 Å². The molecule has 1 N–H and O–H groups in total. The molecule has 4 bridgehead atoms. The van der Waals surface area contributed by atoms with E-state index in [0.717, 1.165) is 30.0 Å². The van der Waals surface area contributed by atoms with Gasteiger partial charge in [0.15, 0.2) is 11.5 Å². The summed E-state index contributed by atoms with van der Waals surface area (Å²) in [6.07, 6.45) is 7.70. The Labute approximate surface area is 142 Å². The lowest BCUT2D eigenvalue weighted by Crippen LogP contribution is -2.53. The van der Waals surface area contributed by atoms with Crippen molar-refractivity contribution in [3.63, 3.8) is 0 Å². The third-order valence-electron chi connectivity index (χ3n) is 6.60. The van der Waals surface area contributed by atoms with Crippen molar-refractivity contribution < 1.29 is 14.3 Å². The van der Waals surface area contributed by atoms with Crippen molar-refractivity contribution in [1.29, 1.82) is 0 Å². The van der Waals surface area contributed by atoms with E-state index in [-0.39, 0.29) is 5.91 Å². The van der Waals surface area contributed by atoms with Crippen LogP contribution in [-0.4, -0.2) is 25.2 Å². The van der Waals surface area contributed by atoms with Crippen LogP contribution in [0.3, 0.4) is 0 Å². The topological polar surface area (TPSA) is 47.6 Å². The molecule has 128 valence electrons. The number of carbonyl (C=O) groups excluding carboxylic acids is 1. The molecule has 4 heteroatoms. The predicted molar refractivity (Wildman–Crippen MR) is 90.0 cm³/mol. The molecule has 0 radical (unpaired) electrons. The fourth-order valence-corrected chi connectivity index (χ4v) is 6.04. The third-order valence-corrected chi connectivity index (χ3v) is 6.60. The molecule has 1 aromatic rings. The summed E-state index contributed by atoms with van der Waals surface area (Å²) in [4.78, 5) is 12.6. The van der Waals surface area contributed by atoms with Gasteiger partial charge in [-0.25, -0.2) is 0 Å². The molecule has 0 unspecified atom stereocenters. The third kappa shape index (κ3) is 2.47. The number of amides is 1. The fraction of sp³-hybridized carbons (Fsp3) is 0.650. The summed E-state index contributed by atoms with van der Waals surface area (Å²) in [6.45, 7) is 1.11. The highest BCUT2D eigenvalue weighted by Gasteiger charge is 2.50. The van der Waals surface area contributed by atoms with Gasteiger partial charge in [0, 0.05) is 6.54 Å². The maximum absolute atomic E-state index is 12.6. The second-order valence-electron chi connectivity index (χ2n) is 8.50. The summed E-state index contributed by atoms with van der Waals surface area (Å²) >= 11 is 0. The maximum atomic E-state index is 12.6. The van der Waals surface area contributed by atoms with Crippen LogP contribution in [0.5, 0.6) is 11.5 Å². The standard InChI is InChI=1S/C20H25NO3/c22-19(18-11-23-16-3-1-2-4-17(16)24-18)21-12-20-8-13-5-14(9-20)7-15(6-13)10-20/h1-4,13-15,18H,5-12H2,(H,21,22)/t13?,14?,15?,18-,20?/m1/s1. The van der Waals surface area contributed by atoms with Crippen molar-refractivity contribution in [3.05, 3.63) is 24.3 Å². The predicted octanol–water partition coefficient (Wildman–Crippen LogP) is 3.16. The van der Waals surface area contributed by atoms with Crippen LogP contribution in [0.4, 0.5) is 0 Å². The van der Waals surface area contributed by atoms with Crippen LogP contribution in [0.2, 0.25) is 0 Å². The number of nitrogens with one attached hydrogen (secondary N) is 1. The quantitative estimate of drug-likeness (QED) is 0.928. The average molecular weight is 327 g/mol. The monoisotopic (exact) mass is 327 g/mol. The molecular formula is C20H25NO3. The average Bonchev–Trinajstić information content (AvgIpc) is 2.58. The molecule has 1 aliphatic heterocycles. The van der Waals surface area contributed by atoms with Gasteiger partial charge in [-0.3, -0.25) is 4.79 Å². The largest absolute Gasteiger partial charge is 0.485 e. The number of fused-ring (bicyclic) bond motifs is 1. The molecule has 4 fully saturated rings. The van der Waals surface area contributed by atoms with Gasteiger partial charge in [-0.15, -0.1) is 0 Å². The van der Waals surface area contributed by atoms with E-state index in [4.69, 9.17) is 9.47 Å². The lowest BCUT2D eigenvalue weighted by molar-refractivity contribution is -0.132. The second kappa shape index (κ2) is 5.40. The summed E-state index contributed by atoms with van der Waals surface area (Å²) in [5.74, 6) is 4.10. The number of hydrogen-bond donors (Lipinski definition) is 1. The first-order valence-corrected chi connectivity index (χ1v) is 9.35. The van der Waals surface area contributed by atoms with Gasteiger partial charge in [-0.05, 0) is 73.8 Å². The number of ether oxygens (including phenoxy) is 2. The van der Waals surface area contributed by atoms with Gasteiger partial charge < -0.3 is 14.8 Å². The molecule has 4 aliphatic carbocycles. The van der Waals surface area contributed by atoms with E-state index in [0.29, 0.717) is 17.8 Å². The van der Waals surface area contributed by atoms with E-state index in [1.807, 2.05) is 24.3 Å². The highest BCUT2D eigenvalue weighted by Crippen LogP contribution is 2.59. The Hall–Kier alpha value is -1.71.